The van der Waals surface area contributed by atoms with Gasteiger partial charge in [-0.2, -0.15) is 0 Å². The van der Waals surface area contributed by atoms with Gasteiger partial charge in [-0.05, 0) is 24.3 Å². The van der Waals surface area contributed by atoms with Gasteiger partial charge in [0.05, 0.1) is 25.6 Å². The Morgan fingerprint density at radius 2 is 1.65 bits per heavy atom. The van der Waals surface area contributed by atoms with E-state index < -0.39 is 0 Å². The van der Waals surface area contributed by atoms with Gasteiger partial charge in [0.1, 0.15) is 11.5 Å². The zero-order chi connectivity index (χ0) is 12.1. The average molecular weight is 252 g/mol. The van der Waals surface area contributed by atoms with Crippen molar-refractivity contribution in [1.82, 2.24) is 4.90 Å². The van der Waals surface area contributed by atoms with E-state index in [1.807, 2.05) is 24.3 Å². The van der Waals surface area contributed by atoms with Gasteiger partial charge in [-0.3, -0.25) is 4.90 Å². The van der Waals surface area contributed by atoms with Gasteiger partial charge in [0.15, 0.2) is 0 Å². The first-order valence-corrected chi connectivity index (χ1v) is 5.72. The first kappa shape index (κ1) is 12.0. The summed E-state index contributed by atoms with van der Waals surface area (Å²) in [5, 5.41) is 0.600. The minimum absolute atomic E-state index is 0.600. The van der Waals surface area contributed by atoms with E-state index in [9.17, 15) is 0 Å². The second-order valence-electron chi connectivity index (χ2n) is 3.82. The van der Waals surface area contributed by atoms with Crippen LogP contribution in [0, 0.1) is 0 Å². The molecule has 4 heteroatoms. The maximum Gasteiger partial charge on any atom is 0.117 e. The quantitative estimate of drug-likeness (QED) is 0.785. The smallest absolute Gasteiger partial charge is 0.117 e. The Bertz CT molecular complexity index is 411. The van der Waals surface area contributed by atoms with E-state index in [0.717, 1.165) is 11.5 Å². The van der Waals surface area contributed by atoms with Gasteiger partial charge in [-0.25, -0.2) is 0 Å². The number of hydrogen-bond donors (Lipinski definition) is 0. The van der Waals surface area contributed by atoms with E-state index in [2.05, 4.69) is 11.5 Å². The lowest BCUT2D eigenvalue weighted by atomic mass is 10.3. The third-order valence-corrected chi connectivity index (χ3v) is 2.43. The number of hydrogen-bond acceptors (Lipinski definition) is 3. The molecule has 2 aromatic rings. The molecule has 0 aromatic carbocycles. The molecule has 0 amide bonds. The summed E-state index contributed by atoms with van der Waals surface area (Å²) in [6.07, 6.45) is 3.33. The van der Waals surface area contributed by atoms with E-state index in [1.165, 1.54) is 0 Å². The molecule has 90 valence electrons. The van der Waals surface area contributed by atoms with Crippen molar-refractivity contribution in [3.05, 3.63) is 59.9 Å². The fourth-order valence-electron chi connectivity index (χ4n) is 1.66. The maximum atomic E-state index is 5.86. The molecule has 0 atom stereocenters. The summed E-state index contributed by atoms with van der Waals surface area (Å²) in [4.78, 5) is 2.10. The van der Waals surface area contributed by atoms with Crippen molar-refractivity contribution in [3.63, 3.8) is 0 Å². The zero-order valence-electron chi connectivity index (χ0n) is 9.43. The maximum absolute atomic E-state index is 5.86. The molecule has 0 radical (unpaired) electrons. The van der Waals surface area contributed by atoms with Gasteiger partial charge in [0.25, 0.3) is 0 Å². The van der Waals surface area contributed by atoms with Crippen LogP contribution in [0.5, 0.6) is 0 Å². The van der Waals surface area contributed by atoms with Crippen molar-refractivity contribution < 1.29 is 8.83 Å². The van der Waals surface area contributed by atoms with Gasteiger partial charge in [0.2, 0.25) is 0 Å². The van der Waals surface area contributed by atoms with Gasteiger partial charge >= 0.3 is 0 Å². The molecule has 0 aliphatic heterocycles. The molecule has 0 saturated carbocycles. The largest absolute Gasteiger partial charge is 0.468 e. The molecule has 0 N–H and O–H groups in total. The van der Waals surface area contributed by atoms with Crippen molar-refractivity contribution in [1.29, 1.82) is 0 Å². The average Bonchev–Trinajstić information content (AvgIpc) is 2.89. The fourth-order valence-corrected chi connectivity index (χ4v) is 1.83. The minimum Gasteiger partial charge on any atom is -0.468 e. The number of halogens is 1. The molecule has 2 rings (SSSR count). The Kier molecular flexibility index (Phi) is 4.07. The SMILES string of the molecule is C=C(Cl)CN(Cc1ccco1)Cc1ccco1. The van der Waals surface area contributed by atoms with Crippen LogP contribution in [0.4, 0.5) is 0 Å². The lowest BCUT2D eigenvalue weighted by Gasteiger charge is -2.19. The number of nitrogens with zero attached hydrogens (tertiary/aromatic N) is 1. The molecule has 17 heavy (non-hydrogen) atoms. The third-order valence-electron chi connectivity index (χ3n) is 2.31. The number of furan rings is 2. The van der Waals surface area contributed by atoms with E-state index >= 15 is 0 Å². The van der Waals surface area contributed by atoms with Crippen LogP contribution in [-0.2, 0) is 13.1 Å². The van der Waals surface area contributed by atoms with Gasteiger partial charge < -0.3 is 8.83 Å². The van der Waals surface area contributed by atoms with Gasteiger partial charge in [-0.15, -0.1) is 0 Å². The minimum atomic E-state index is 0.600. The summed E-state index contributed by atoms with van der Waals surface area (Å²) >= 11 is 5.86. The van der Waals surface area contributed by atoms with Crippen molar-refractivity contribution in [2.45, 2.75) is 13.1 Å². The van der Waals surface area contributed by atoms with E-state index in [4.69, 9.17) is 20.4 Å². The Labute approximate surface area is 105 Å². The van der Waals surface area contributed by atoms with Crippen molar-refractivity contribution in [2.24, 2.45) is 0 Å². The first-order chi connectivity index (χ1) is 8.24. The molecule has 2 aromatic heterocycles. The summed E-state index contributed by atoms with van der Waals surface area (Å²) < 4.78 is 10.6. The second kappa shape index (κ2) is 5.75. The first-order valence-electron chi connectivity index (χ1n) is 5.34. The Hall–Kier alpha value is -1.45. The van der Waals surface area contributed by atoms with E-state index in [-0.39, 0.29) is 0 Å². The van der Waals surface area contributed by atoms with E-state index in [1.54, 1.807) is 12.5 Å². The predicted molar refractivity (Wildman–Crippen MR) is 66.5 cm³/mol. The topological polar surface area (TPSA) is 29.5 Å². The summed E-state index contributed by atoms with van der Waals surface area (Å²) in [6, 6.07) is 7.62. The molecule has 0 spiro atoms. The molecule has 0 saturated heterocycles. The predicted octanol–water partition coefficient (Wildman–Crippen LogP) is 3.63. The van der Waals surface area contributed by atoms with Crippen LogP contribution >= 0.6 is 11.6 Å². The van der Waals surface area contributed by atoms with Crippen LogP contribution in [0.2, 0.25) is 0 Å². The molecule has 0 fully saturated rings. The summed E-state index contributed by atoms with van der Waals surface area (Å²) in [5.41, 5.74) is 0. The third kappa shape index (κ3) is 3.80. The monoisotopic (exact) mass is 251 g/mol. The highest BCUT2D eigenvalue weighted by molar-refractivity contribution is 6.29. The standard InChI is InChI=1S/C13H14ClNO2/c1-11(14)8-15(9-12-4-2-6-16-12)10-13-5-3-7-17-13/h2-7H,1,8-10H2. The normalized spacial score (nSPS) is 10.9. The van der Waals surface area contributed by atoms with Crippen LogP contribution in [0.1, 0.15) is 11.5 Å². The summed E-state index contributed by atoms with van der Waals surface area (Å²) in [7, 11) is 0. The van der Waals surface area contributed by atoms with Crippen LogP contribution in [0.15, 0.2) is 57.2 Å². The van der Waals surface area contributed by atoms with Gasteiger partial charge in [0, 0.05) is 11.6 Å². The van der Waals surface area contributed by atoms with Crippen molar-refractivity contribution >= 4 is 11.6 Å². The molecule has 0 bridgehead atoms. The Morgan fingerprint density at radius 1 is 1.12 bits per heavy atom. The highest BCUT2D eigenvalue weighted by atomic mass is 35.5. The molecular weight excluding hydrogens is 238 g/mol. The molecule has 0 aliphatic carbocycles. The fraction of sp³-hybridized carbons (Fsp3) is 0.231. The van der Waals surface area contributed by atoms with Crippen LogP contribution in [0.3, 0.4) is 0 Å². The Balaban J connectivity index is 2.00. The lowest BCUT2D eigenvalue weighted by molar-refractivity contribution is 0.238. The van der Waals surface area contributed by atoms with Crippen LogP contribution in [0.25, 0.3) is 0 Å². The lowest BCUT2D eigenvalue weighted by Crippen LogP contribution is -2.23. The molecule has 3 nitrogen and oxygen atoms in total. The van der Waals surface area contributed by atoms with Gasteiger partial charge in [-0.1, -0.05) is 18.2 Å². The van der Waals surface area contributed by atoms with Crippen molar-refractivity contribution in [2.75, 3.05) is 6.54 Å². The highest BCUT2D eigenvalue weighted by Crippen LogP contribution is 2.13. The van der Waals surface area contributed by atoms with Crippen molar-refractivity contribution in [3.8, 4) is 0 Å². The zero-order valence-corrected chi connectivity index (χ0v) is 10.2. The van der Waals surface area contributed by atoms with E-state index in [0.29, 0.717) is 24.7 Å². The summed E-state index contributed by atoms with van der Waals surface area (Å²) in [5.74, 6) is 1.80. The Morgan fingerprint density at radius 3 is 2.00 bits per heavy atom. The molecular formula is C13H14ClNO2. The van der Waals surface area contributed by atoms with Crippen LogP contribution < -0.4 is 0 Å². The number of rotatable bonds is 6. The van der Waals surface area contributed by atoms with Crippen LogP contribution in [-0.4, -0.2) is 11.4 Å². The molecule has 0 aliphatic rings. The summed E-state index contributed by atoms with van der Waals surface area (Å²) in [6.45, 7) is 5.68. The second-order valence-corrected chi connectivity index (χ2v) is 4.36. The molecule has 2 heterocycles. The highest BCUT2D eigenvalue weighted by Gasteiger charge is 2.11. The molecule has 0 unspecified atom stereocenters.